The molecule has 124 valence electrons. The van der Waals surface area contributed by atoms with Crippen molar-refractivity contribution in [2.45, 2.75) is 11.4 Å². The second-order valence-corrected chi connectivity index (χ2v) is 8.05. The summed E-state index contributed by atoms with van der Waals surface area (Å²) in [7, 11) is -2.12. The highest BCUT2D eigenvalue weighted by Crippen LogP contribution is 2.20. The molecule has 0 radical (unpaired) electrons. The number of hydrogen-bond acceptors (Lipinski definition) is 5. The molecule has 0 amide bonds. The first kappa shape index (κ1) is 16.8. The molecule has 0 aliphatic heterocycles. The van der Waals surface area contributed by atoms with Crippen molar-refractivity contribution in [1.29, 1.82) is 0 Å². The lowest BCUT2D eigenvalue weighted by molar-refractivity contribution is 0.337. The van der Waals surface area contributed by atoms with Gasteiger partial charge in [0, 0.05) is 17.1 Å². The van der Waals surface area contributed by atoms with Crippen molar-refractivity contribution >= 4 is 26.0 Å². The fraction of sp³-hybridized carbons (Fsp3) is 0.125. The van der Waals surface area contributed by atoms with Gasteiger partial charge in [0.2, 0.25) is 21.7 Å². The minimum absolute atomic E-state index is 0.000750. The van der Waals surface area contributed by atoms with E-state index in [1.165, 1.54) is 11.4 Å². The van der Waals surface area contributed by atoms with Gasteiger partial charge in [-0.1, -0.05) is 39.3 Å². The van der Waals surface area contributed by atoms with Crippen LogP contribution >= 0.6 is 15.9 Å². The third-order valence-electron chi connectivity index (χ3n) is 3.38. The van der Waals surface area contributed by atoms with Crippen molar-refractivity contribution in [1.82, 2.24) is 14.4 Å². The van der Waals surface area contributed by atoms with E-state index in [-0.39, 0.29) is 17.3 Å². The van der Waals surface area contributed by atoms with Crippen LogP contribution in [-0.2, 0) is 16.6 Å². The van der Waals surface area contributed by atoms with Crippen LogP contribution in [0.4, 0.5) is 0 Å². The van der Waals surface area contributed by atoms with Crippen LogP contribution in [-0.4, -0.2) is 29.9 Å². The molecule has 0 N–H and O–H groups in total. The van der Waals surface area contributed by atoms with Crippen LogP contribution < -0.4 is 0 Å². The lowest BCUT2D eigenvalue weighted by Gasteiger charge is -2.14. The summed E-state index contributed by atoms with van der Waals surface area (Å²) >= 11 is 3.36. The van der Waals surface area contributed by atoms with E-state index < -0.39 is 10.0 Å². The zero-order valence-corrected chi connectivity index (χ0v) is 15.2. The lowest BCUT2D eigenvalue weighted by Crippen LogP contribution is -2.26. The number of benzene rings is 2. The normalized spacial score (nSPS) is 11.8. The molecule has 0 saturated carbocycles. The Bertz CT molecular complexity index is 925. The van der Waals surface area contributed by atoms with E-state index in [1.54, 1.807) is 30.3 Å². The molecular formula is C16H14BrN3O3S. The quantitative estimate of drug-likeness (QED) is 0.648. The summed E-state index contributed by atoms with van der Waals surface area (Å²) in [6.45, 7) is 0.000750. The maximum Gasteiger partial charge on any atom is 0.243 e. The summed E-state index contributed by atoms with van der Waals surface area (Å²) in [5.74, 6) is 0.651. The van der Waals surface area contributed by atoms with Gasteiger partial charge in [-0.15, -0.1) is 0 Å². The van der Waals surface area contributed by atoms with Crippen LogP contribution in [0.2, 0.25) is 0 Å². The van der Waals surface area contributed by atoms with Gasteiger partial charge in [-0.2, -0.15) is 9.29 Å². The average Bonchev–Trinajstić information content (AvgIpc) is 3.04. The molecule has 0 bridgehead atoms. The molecule has 0 unspecified atom stereocenters. The Balaban J connectivity index is 1.78. The maximum absolute atomic E-state index is 12.5. The summed E-state index contributed by atoms with van der Waals surface area (Å²) in [6, 6.07) is 15.7. The van der Waals surface area contributed by atoms with Crippen molar-refractivity contribution < 1.29 is 12.9 Å². The fourth-order valence-electron chi connectivity index (χ4n) is 2.08. The van der Waals surface area contributed by atoms with Crippen LogP contribution in [0.15, 0.2) is 68.5 Å². The van der Waals surface area contributed by atoms with Gasteiger partial charge in [0.05, 0.1) is 11.4 Å². The largest absolute Gasteiger partial charge is 0.338 e. The van der Waals surface area contributed by atoms with Crippen molar-refractivity contribution in [3.8, 4) is 11.4 Å². The maximum atomic E-state index is 12.5. The predicted molar refractivity (Wildman–Crippen MR) is 92.5 cm³/mol. The van der Waals surface area contributed by atoms with Gasteiger partial charge in [0.1, 0.15) is 0 Å². The van der Waals surface area contributed by atoms with Crippen molar-refractivity contribution in [2.75, 3.05) is 7.05 Å². The molecule has 24 heavy (non-hydrogen) atoms. The zero-order chi connectivity index (χ0) is 17.2. The van der Waals surface area contributed by atoms with Gasteiger partial charge in [-0.05, 0) is 36.4 Å². The molecule has 0 saturated heterocycles. The molecule has 1 aromatic heterocycles. The smallest absolute Gasteiger partial charge is 0.243 e. The summed E-state index contributed by atoms with van der Waals surface area (Å²) in [5.41, 5.74) is 0.793. The second kappa shape index (κ2) is 6.84. The highest BCUT2D eigenvalue weighted by atomic mass is 79.9. The summed E-state index contributed by atoms with van der Waals surface area (Å²) in [6.07, 6.45) is 0. The van der Waals surface area contributed by atoms with E-state index in [9.17, 15) is 8.42 Å². The number of nitrogens with zero attached hydrogens (tertiary/aromatic N) is 3. The highest BCUT2D eigenvalue weighted by Gasteiger charge is 2.22. The molecule has 3 aromatic rings. The lowest BCUT2D eigenvalue weighted by atomic mass is 10.2. The van der Waals surface area contributed by atoms with Gasteiger partial charge >= 0.3 is 0 Å². The Labute approximate surface area is 148 Å². The average molecular weight is 408 g/mol. The minimum atomic E-state index is -3.60. The molecule has 0 aliphatic carbocycles. The van der Waals surface area contributed by atoms with Crippen LogP contribution in [0.25, 0.3) is 11.4 Å². The third-order valence-corrected chi connectivity index (χ3v) is 5.73. The molecule has 3 rings (SSSR count). The van der Waals surface area contributed by atoms with Gasteiger partial charge in [0.15, 0.2) is 0 Å². The summed E-state index contributed by atoms with van der Waals surface area (Å²) in [4.78, 5) is 4.48. The van der Waals surface area contributed by atoms with Crippen LogP contribution in [0, 0.1) is 0 Å². The topological polar surface area (TPSA) is 76.3 Å². The number of aromatic nitrogens is 2. The van der Waals surface area contributed by atoms with Crippen molar-refractivity contribution in [3.63, 3.8) is 0 Å². The molecule has 6 nitrogen and oxygen atoms in total. The molecular weight excluding hydrogens is 394 g/mol. The summed E-state index contributed by atoms with van der Waals surface area (Å²) < 4.78 is 32.3. The zero-order valence-electron chi connectivity index (χ0n) is 12.8. The van der Waals surface area contributed by atoms with E-state index in [1.807, 2.05) is 24.3 Å². The molecule has 1 heterocycles. The van der Waals surface area contributed by atoms with Crippen LogP contribution in [0.5, 0.6) is 0 Å². The minimum Gasteiger partial charge on any atom is -0.338 e. The SMILES string of the molecule is CN(Cc1nc(-c2ccc(Br)cc2)no1)S(=O)(=O)c1ccccc1. The number of rotatable bonds is 5. The third kappa shape index (κ3) is 3.55. The molecule has 0 aliphatic rings. The van der Waals surface area contributed by atoms with Crippen molar-refractivity contribution in [3.05, 3.63) is 65.0 Å². The van der Waals surface area contributed by atoms with Gasteiger partial charge in [-0.3, -0.25) is 0 Å². The molecule has 8 heteroatoms. The van der Waals surface area contributed by atoms with E-state index in [0.717, 1.165) is 10.0 Å². The Kier molecular flexibility index (Phi) is 4.79. The first-order chi connectivity index (χ1) is 11.5. The molecule has 0 spiro atoms. The summed E-state index contributed by atoms with van der Waals surface area (Å²) in [5, 5.41) is 3.90. The standard InChI is InChI=1S/C16H14BrN3O3S/c1-20(24(21,22)14-5-3-2-4-6-14)11-15-18-16(19-23-15)12-7-9-13(17)10-8-12/h2-10H,11H2,1H3. The van der Waals surface area contributed by atoms with E-state index in [2.05, 4.69) is 26.1 Å². The van der Waals surface area contributed by atoms with E-state index >= 15 is 0 Å². The Morgan fingerprint density at radius 3 is 2.42 bits per heavy atom. The van der Waals surface area contributed by atoms with Gasteiger partial charge in [-0.25, -0.2) is 8.42 Å². The number of halogens is 1. The van der Waals surface area contributed by atoms with Crippen LogP contribution in [0.3, 0.4) is 0 Å². The van der Waals surface area contributed by atoms with Crippen LogP contribution in [0.1, 0.15) is 5.89 Å². The first-order valence-corrected chi connectivity index (χ1v) is 9.30. The Hall–Kier alpha value is -2.03. The molecule has 2 aromatic carbocycles. The number of sulfonamides is 1. The fourth-order valence-corrected chi connectivity index (χ4v) is 3.49. The van der Waals surface area contributed by atoms with Gasteiger partial charge in [0.25, 0.3) is 0 Å². The Morgan fingerprint density at radius 1 is 1.08 bits per heavy atom. The second-order valence-electron chi connectivity index (χ2n) is 5.09. The Morgan fingerprint density at radius 2 is 1.75 bits per heavy atom. The van der Waals surface area contributed by atoms with E-state index in [0.29, 0.717) is 5.82 Å². The monoisotopic (exact) mass is 407 g/mol. The molecule has 0 fully saturated rings. The van der Waals surface area contributed by atoms with E-state index in [4.69, 9.17) is 4.52 Å². The van der Waals surface area contributed by atoms with Gasteiger partial charge < -0.3 is 4.52 Å². The highest BCUT2D eigenvalue weighted by molar-refractivity contribution is 9.10. The predicted octanol–water partition coefficient (Wildman–Crippen LogP) is 3.32. The first-order valence-electron chi connectivity index (χ1n) is 7.07. The molecule has 0 atom stereocenters. The number of hydrogen-bond donors (Lipinski definition) is 0. The van der Waals surface area contributed by atoms with Crippen molar-refractivity contribution in [2.24, 2.45) is 0 Å².